The smallest absolute Gasteiger partial charge is 0.237 e. The highest BCUT2D eigenvalue weighted by atomic mass is 79.9. The maximum absolute atomic E-state index is 12.0. The van der Waals surface area contributed by atoms with Gasteiger partial charge in [-0.1, -0.05) is 0 Å². The van der Waals surface area contributed by atoms with Crippen molar-refractivity contribution in [3.63, 3.8) is 0 Å². The molecular weight excluding hydrogens is 324 g/mol. The van der Waals surface area contributed by atoms with Gasteiger partial charge in [-0.3, -0.25) is 10.1 Å². The lowest BCUT2D eigenvalue weighted by molar-refractivity contribution is -0.123. The molecular formula is C14H19BrN2OS. The van der Waals surface area contributed by atoms with Crippen LogP contribution in [0.5, 0.6) is 0 Å². The predicted octanol–water partition coefficient (Wildman–Crippen LogP) is 3.14. The highest BCUT2D eigenvalue weighted by Crippen LogP contribution is 2.38. The predicted molar refractivity (Wildman–Crippen MR) is 81.5 cm³/mol. The van der Waals surface area contributed by atoms with Crippen LogP contribution in [0.15, 0.2) is 9.85 Å². The topological polar surface area (TPSA) is 41.1 Å². The molecule has 0 bridgehead atoms. The van der Waals surface area contributed by atoms with Crippen molar-refractivity contribution in [3.05, 3.63) is 20.3 Å². The highest BCUT2D eigenvalue weighted by molar-refractivity contribution is 9.11. The fourth-order valence-electron chi connectivity index (χ4n) is 2.63. The van der Waals surface area contributed by atoms with E-state index in [9.17, 15) is 4.79 Å². The molecule has 1 heterocycles. The molecule has 5 heteroatoms. The first kappa shape index (κ1) is 13.6. The van der Waals surface area contributed by atoms with Crippen LogP contribution in [-0.2, 0) is 11.2 Å². The second-order valence-electron chi connectivity index (χ2n) is 5.55. The van der Waals surface area contributed by atoms with Crippen molar-refractivity contribution >= 4 is 33.2 Å². The molecule has 1 aromatic rings. The first-order chi connectivity index (χ1) is 9.13. The molecule has 2 atom stereocenters. The van der Waals surface area contributed by atoms with E-state index < -0.39 is 0 Å². The summed E-state index contributed by atoms with van der Waals surface area (Å²) < 4.78 is 1.20. The zero-order valence-corrected chi connectivity index (χ0v) is 13.4. The van der Waals surface area contributed by atoms with Crippen LogP contribution in [0.25, 0.3) is 0 Å². The minimum absolute atomic E-state index is 0.116. The average molecular weight is 343 g/mol. The summed E-state index contributed by atoms with van der Waals surface area (Å²) in [6, 6.07) is 2.86. The molecule has 2 aliphatic carbocycles. The Hall–Kier alpha value is -0.390. The second kappa shape index (κ2) is 5.54. The summed E-state index contributed by atoms with van der Waals surface area (Å²) in [4.78, 5) is 13.5. The Morgan fingerprint density at radius 1 is 1.47 bits per heavy atom. The minimum atomic E-state index is -0.116. The quantitative estimate of drug-likeness (QED) is 0.882. The summed E-state index contributed by atoms with van der Waals surface area (Å²) in [5.41, 5.74) is 1.38. The molecule has 1 fully saturated rings. The number of hydrogen-bond donors (Lipinski definition) is 2. The van der Waals surface area contributed by atoms with Gasteiger partial charge in [-0.05, 0) is 66.6 Å². The molecule has 2 N–H and O–H groups in total. The number of amides is 1. The number of aryl methyl sites for hydroxylation is 1. The van der Waals surface area contributed by atoms with E-state index in [1.165, 1.54) is 27.1 Å². The molecule has 1 saturated carbocycles. The largest absolute Gasteiger partial charge is 0.352 e. The number of hydrogen-bond acceptors (Lipinski definition) is 3. The molecule has 0 radical (unpaired) electrons. The summed E-state index contributed by atoms with van der Waals surface area (Å²) in [6.07, 6.45) is 5.78. The van der Waals surface area contributed by atoms with Crippen LogP contribution in [0.4, 0.5) is 0 Å². The minimum Gasteiger partial charge on any atom is -0.352 e. The van der Waals surface area contributed by atoms with Crippen LogP contribution in [0.2, 0.25) is 0 Å². The summed E-state index contributed by atoms with van der Waals surface area (Å²) in [6.45, 7) is 1.97. The van der Waals surface area contributed by atoms with Crippen LogP contribution in [0.3, 0.4) is 0 Å². The maximum atomic E-state index is 12.0. The molecule has 3 rings (SSSR count). The van der Waals surface area contributed by atoms with Crippen molar-refractivity contribution in [3.8, 4) is 0 Å². The molecule has 2 unspecified atom stereocenters. The van der Waals surface area contributed by atoms with E-state index >= 15 is 0 Å². The Morgan fingerprint density at radius 3 is 3.00 bits per heavy atom. The second-order valence-corrected chi connectivity index (χ2v) is 8.06. The van der Waals surface area contributed by atoms with Crippen molar-refractivity contribution in [2.75, 3.05) is 0 Å². The number of carbonyl (C=O) groups excluding carboxylic acids is 1. The average Bonchev–Trinajstić information content (AvgIpc) is 3.09. The van der Waals surface area contributed by atoms with Gasteiger partial charge in [0.05, 0.1) is 9.83 Å². The number of halogens is 1. The van der Waals surface area contributed by atoms with Crippen LogP contribution < -0.4 is 10.6 Å². The van der Waals surface area contributed by atoms with Crippen molar-refractivity contribution in [1.29, 1.82) is 0 Å². The van der Waals surface area contributed by atoms with Gasteiger partial charge in [-0.2, -0.15) is 0 Å². The Morgan fingerprint density at radius 2 is 2.26 bits per heavy atom. The summed E-state index contributed by atoms with van der Waals surface area (Å²) in [7, 11) is 0. The molecule has 0 aromatic carbocycles. The fourth-order valence-corrected chi connectivity index (χ4v) is 4.45. The third kappa shape index (κ3) is 3.20. The van der Waals surface area contributed by atoms with Crippen molar-refractivity contribution < 1.29 is 4.79 Å². The van der Waals surface area contributed by atoms with Crippen molar-refractivity contribution in [1.82, 2.24) is 10.6 Å². The Balaban J connectivity index is 1.64. The Kier molecular flexibility index (Phi) is 3.96. The first-order valence-corrected chi connectivity index (χ1v) is 8.59. The summed E-state index contributed by atoms with van der Waals surface area (Å²) in [5, 5.41) is 6.56. The van der Waals surface area contributed by atoms with Gasteiger partial charge in [0.25, 0.3) is 0 Å². The van der Waals surface area contributed by atoms with E-state index in [-0.39, 0.29) is 11.9 Å². The monoisotopic (exact) mass is 342 g/mol. The lowest BCUT2D eigenvalue weighted by Gasteiger charge is -2.26. The number of nitrogens with one attached hydrogen (secondary N) is 2. The van der Waals surface area contributed by atoms with Gasteiger partial charge in [-0.25, -0.2) is 0 Å². The van der Waals surface area contributed by atoms with E-state index in [4.69, 9.17) is 0 Å². The summed E-state index contributed by atoms with van der Waals surface area (Å²) >= 11 is 5.39. The van der Waals surface area contributed by atoms with Gasteiger partial charge in [0, 0.05) is 17.0 Å². The van der Waals surface area contributed by atoms with Crippen LogP contribution in [-0.4, -0.2) is 18.0 Å². The first-order valence-electron chi connectivity index (χ1n) is 6.98. The van der Waals surface area contributed by atoms with Gasteiger partial charge in [0.1, 0.15) is 0 Å². The molecule has 0 saturated heterocycles. The number of fused-ring (bicyclic) bond motifs is 1. The molecule has 0 aliphatic heterocycles. The lowest BCUT2D eigenvalue weighted by Crippen LogP contribution is -2.44. The maximum Gasteiger partial charge on any atom is 0.237 e. The number of thiophene rings is 1. The van der Waals surface area contributed by atoms with Gasteiger partial charge in [-0.15, -0.1) is 11.3 Å². The molecule has 19 heavy (non-hydrogen) atoms. The molecule has 104 valence electrons. The van der Waals surface area contributed by atoms with Crippen molar-refractivity contribution in [2.45, 2.75) is 57.2 Å². The standard InChI is InChI=1S/C14H19BrN2OS/c1-8(14(18)17-9-5-6-9)16-11-3-2-4-12-10(11)7-13(15)19-12/h7-9,11,16H,2-6H2,1H3,(H,17,18). The van der Waals surface area contributed by atoms with Crippen LogP contribution in [0.1, 0.15) is 49.1 Å². The number of carbonyl (C=O) groups is 1. The normalized spacial score (nSPS) is 23.8. The zero-order valence-electron chi connectivity index (χ0n) is 11.0. The Labute approximate surface area is 126 Å². The summed E-state index contributed by atoms with van der Waals surface area (Å²) in [5.74, 6) is 0.143. The molecule has 2 aliphatic rings. The molecule has 1 amide bonds. The van der Waals surface area contributed by atoms with Crippen molar-refractivity contribution in [2.24, 2.45) is 0 Å². The van der Waals surface area contributed by atoms with Gasteiger partial charge >= 0.3 is 0 Å². The van der Waals surface area contributed by atoms with Crippen LogP contribution in [0, 0.1) is 0 Å². The van der Waals surface area contributed by atoms with E-state index in [0.717, 1.165) is 19.3 Å². The molecule has 3 nitrogen and oxygen atoms in total. The van der Waals surface area contributed by atoms with E-state index in [1.807, 2.05) is 18.3 Å². The van der Waals surface area contributed by atoms with Crippen LogP contribution >= 0.6 is 27.3 Å². The van der Waals surface area contributed by atoms with Gasteiger partial charge in [0.2, 0.25) is 5.91 Å². The highest BCUT2D eigenvalue weighted by Gasteiger charge is 2.28. The van der Waals surface area contributed by atoms with Gasteiger partial charge in [0.15, 0.2) is 0 Å². The van der Waals surface area contributed by atoms with E-state index in [2.05, 4.69) is 32.6 Å². The van der Waals surface area contributed by atoms with Gasteiger partial charge < -0.3 is 5.32 Å². The molecule has 1 aromatic heterocycles. The zero-order chi connectivity index (χ0) is 13.4. The fraction of sp³-hybridized carbons (Fsp3) is 0.643. The Bertz CT molecular complexity index is 484. The SMILES string of the molecule is CC(NC1CCCc2sc(Br)cc21)C(=O)NC1CC1. The third-order valence-electron chi connectivity index (χ3n) is 3.85. The van der Waals surface area contributed by atoms with E-state index in [1.54, 1.807) is 0 Å². The van der Waals surface area contributed by atoms with E-state index in [0.29, 0.717) is 12.1 Å². The number of rotatable bonds is 4. The third-order valence-corrected chi connectivity index (χ3v) is 5.57. The lowest BCUT2D eigenvalue weighted by atomic mass is 9.93. The molecule has 0 spiro atoms.